The lowest BCUT2D eigenvalue weighted by Crippen LogP contribution is -2.22. The zero-order valence-electron chi connectivity index (χ0n) is 18.6. The summed E-state index contributed by atoms with van der Waals surface area (Å²) < 4.78 is 7.81. The molecule has 0 fully saturated rings. The lowest BCUT2D eigenvalue weighted by Gasteiger charge is -2.16. The van der Waals surface area contributed by atoms with Gasteiger partial charge in [0.2, 0.25) is 0 Å². The Bertz CT molecular complexity index is 1380. The minimum atomic E-state index is -0.267. The summed E-state index contributed by atoms with van der Waals surface area (Å²) in [7, 11) is 0. The summed E-state index contributed by atoms with van der Waals surface area (Å²) in [6.45, 7) is 8.34. The molecule has 4 heterocycles. The van der Waals surface area contributed by atoms with Gasteiger partial charge in [-0.2, -0.15) is 0 Å². The van der Waals surface area contributed by atoms with Gasteiger partial charge < -0.3 is 4.74 Å². The third-order valence-corrected chi connectivity index (χ3v) is 6.94. The molecule has 0 saturated heterocycles. The van der Waals surface area contributed by atoms with Crippen molar-refractivity contribution < 1.29 is 4.74 Å². The van der Waals surface area contributed by atoms with Gasteiger partial charge in [0.1, 0.15) is 22.7 Å². The van der Waals surface area contributed by atoms with Crippen molar-refractivity contribution in [1.82, 2.24) is 19.5 Å². The third kappa shape index (κ3) is 5.03. The number of hydrogen-bond acceptors (Lipinski definition) is 6. The van der Waals surface area contributed by atoms with E-state index in [1.165, 1.54) is 11.1 Å². The van der Waals surface area contributed by atoms with Crippen LogP contribution in [0.15, 0.2) is 51.3 Å². The molecule has 0 aliphatic rings. The van der Waals surface area contributed by atoms with Crippen LogP contribution in [0.1, 0.15) is 41.7 Å². The van der Waals surface area contributed by atoms with Crippen LogP contribution >= 0.6 is 38.9 Å². The molecule has 4 aromatic rings. The van der Waals surface area contributed by atoms with Crippen molar-refractivity contribution >= 4 is 38.9 Å². The second-order valence-corrected chi connectivity index (χ2v) is 10.3. The van der Waals surface area contributed by atoms with Crippen molar-refractivity contribution in [2.24, 2.45) is 0 Å². The molecule has 0 radical (unpaired) electrons. The number of halogens is 2. The van der Waals surface area contributed by atoms with E-state index in [-0.39, 0.29) is 11.5 Å². The second kappa shape index (κ2) is 9.75. The molecule has 0 aliphatic carbocycles. The molecule has 0 unspecified atom stereocenters. The number of ether oxygens (including phenoxy) is 1. The van der Waals surface area contributed by atoms with E-state index in [0.717, 1.165) is 11.4 Å². The Hall–Kier alpha value is -2.55. The van der Waals surface area contributed by atoms with Crippen molar-refractivity contribution in [3.05, 3.63) is 83.8 Å². The monoisotopic (exact) mass is 544 g/mol. The summed E-state index contributed by atoms with van der Waals surface area (Å²) in [6.07, 6.45) is 3.25. The van der Waals surface area contributed by atoms with Crippen LogP contribution in [0.5, 0.6) is 5.75 Å². The van der Waals surface area contributed by atoms with Gasteiger partial charge in [-0.1, -0.05) is 25.4 Å². The molecule has 0 spiro atoms. The van der Waals surface area contributed by atoms with Crippen LogP contribution in [-0.2, 0) is 6.61 Å². The summed E-state index contributed by atoms with van der Waals surface area (Å²) in [5, 5.41) is 2.41. The Labute approximate surface area is 209 Å². The highest BCUT2D eigenvalue weighted by molar-refractivity contribution is 9.10. The van der Waals surface area contributed by atoms with Gasteiger partial charge in [0.15, 0.2) is 0 Å². The molecule has 0 N–H and O–H groups in total. The van der Waals surface area contributed by atoms with Gasteiger partial charge in [0.05, 0.1) is 22.1 Å². The molecule has 0 aliphatic heterocycles. The van der Waals surface area contributed by atoms with Crippen molar-refractivity contribution in [1.29, 1.82) is 0 Å². The van der Waals surface area contributed by atoms with Crippen LogP contribution in [-0.4, -0.2) is 19.5 Å². The van der Waals surface area contributed by atoms with Gasteiger partial charge in [-0.3, -0.25) is 14.3 Å². The van der Waals surface area contributed by atoms with Crippen LogP contribution in [0.25, 0.3) is 17.1 Å². The zero-order valence-corrected chi connectivity index (χ0v) is 21.8. The van der Waals surface area contributed by atoms with E-state index in [2.05, 4.69) is 36.9 Å². The minimum absolute atomic E-state index is 0.183. The number of aryl methyl sites for hydroxylation is 2. The Morgan fingerprint density at radius 2 is 1.97 bits per heavy atom. The first-order valence-corrected chi connectivity index (χ1v) is 12.4. The summed E-state index contributed by atoms with van der Waals surface area (Å²) in [5.74, 6) is 1.40. The van der Waals surface area contributed by atoms with E-state index < -0.39 is 0 Å². The van der Waals surface area contributed by atoms with Crippen LogP contribution < -0.4 is 10.3 Å². The third-order valence-electron chi connectivity index (χ3n) is 5.01. The summed E-state index contributed by atoms with van der Waals surface area (Å²) in [4.78, 5) is 27.9. The maximum absolute atomic E-state index is 13.3. The van der Waals surface area contributed by atoms with Gasteiger partial charge in [-0.25, -0.2) is 9.97 Å². The maximum atomic E-state index is 13.3. The van der Waals surface area contributed by atoms with Gasteiger partial charge in [0, 0.05) is 40.5 Å². The maximum Gasteiger partial charge on any atom is 0.273 e. The molecule has 0 aromatic carbocycles. The number of rotatable bonds is 6. The summed E-state index contributed by atoms with van der Waals surface area (Å²) in [6, 6.07) is 7.45. The Balaban J connectivity index is 1.73. The lowest BCUT2D eigenvalue weighted by molar-refractivity contribution is 0.303. The topological polar surface area (TPSA) is 69.9 Å². The molecule has 4 rings (SSSR count). The molecule has 9 heteroatoms. The van der Waals surface area contributed by atoms with Crippen LogP contribution in [0.4, 0.5) is 0 Å². The minimum Gasteiger partial charge on any atom is -0.487 e. The predicted molar refractivity (Wildman–Crippen MR) is 136 cm³/mol. The molecule has 0 saturated carbocycles. The number of nitrogens with zero attached hydrogens (tertiary/aromatic N) is 4. The zero-order chi connectivity index (χ0) is 23.7. The fourth-order valence-electron chi connectivity index (χ4n) is 3.35. The Morgan fingerprint density at radius 3 is 2.67 bits per heavy atom. The van der Waals surface area contributed by atoms with Gasteiger partial charge >= 0.3 is 0 Å². The molecule has 170 valence electrons. The lowest BCUT2D eigenvalue weighted by atomic mass is 10.2. The van der Waals surface area contributed by atoms with Gasteiger partial charge in [-0.15, -0.1) is 11.3 Å². The Kier molecular flexibility index (Phi) is 6.97. The van der Waals surface area contributed by atoms with Crippen molar-refractivity contribution in [3.8, 4) is 22.8 Å². The number of hydrogen-bond donors (Lipinski definition) is 0. The highest BCUT2D eigenvalue weighted by Crippen LogP contribution is 2.29. The summed E-state index contributed by atoms with van der Waals surface area (Å²) >= 11 is 11.6. The fraction of sp³-hybridized carbons (Fsp3) is 0.250. The van der Waals surface area contributed by atoms with E-state index in [4.69, 9.17) is 16.3 Å². The van der Waals surface area contributed by atoms with E-state index in [1.807, 2.05) is 39.1 Å². The van der Waals surface area contributed by atoms with E-state index in [9.17, 15) is 4.79 Å². The van der Waals surface area contributed by atoms with E-state index >= 15 is 0 Å². The SMILES string of the molecule is Cc1cc(COc2cc(C)n(-c3cc(-c4ccnc(C(C)C)n4)ncc3Cl)c(=O)c2Br)cs1. The second-order valence-electron chi connectivity index (χ2n) is 7.93. The molecule has 6 nitrogen and oxygen atoms in total. The highest BCUT2D eigenvalue weighted by Gasteiger charge is 2.17. The molecule has 0 atom stereocenters. The number of pyridine rings is 2. The normalized spacial score (nSPS) is 11.2. The molecular formula is C24H22BrClN4O2S. The molecule has 0 bridgehead atoms. The largest absolute Gasteiger partial charge is 0.487 e. The van der Waals surface area contributed by atoms with Crippen molar-refractivity contribution in [2.45, 2.75) is 40.2 Å². The molecule has 0 amide bonds. The first-order valence-electron chi connectivity index (χ1n) is 10.3. The first kappa shape index (κ1) is 23.6. The van der Waals surface area contributed by atoms with E-state index in [0.29, 0.717) is 44.6 Å². The molecule has 33 heavy (non-hydrogen) atoms. The smallest absolute Gasteiger partial charge is 0.273 e. The van der Waals surface area contributed by atoms with E-state index in [1.54, 1.807) is 34.2 Å². The highest BCUT2D eigenvalue weighted by atomic mass is 79.9. The Morgan fingerprint density at radius 1 is 1.18 bits per heavy atom. The first-order chi connectivity index (χ1) is 15.7. The van der Waals surface area contributed by atoms with Crippen LogP contribution in [0.3, 0.4) is 0 Å². The van der Waals surface area contributed by atoms with Crippen LogP contribution in [0.2, 0.25) is 5.02 Å². The number of thiophene rings is 1. The van der Waals surface area contributed by atoms with Gasteiger partial charge in [-0.05, 0) is 53.4 Å². The predicted octanol–water partition coefficient (Wildman–Crippen LogP) is 6.49. The average molecular weight is 546 g/mol. The average Bonchev–Trinajstić information content (AvgIpc) is 3.21. The standard InChI is InChI=1S/C24H22BrClN4O2S/c1-13(2)23-27-6-5-18(29-23)19-9-20(17(26)10-28-19)30-14(3)7-21(22(25)24(30)31)32-11-16-8-15(4)33-12-16/h5-10,12-13H,11H2,1-4H3. The van der Waals surface area contributed by atoms with Gasteiger partial charge in [0.25, 0.3) is 5.56 Å². The fourth-order valence-corrected chi connectivity index (χ4v) is 4.64. The molecule has 4 aromatic heterocycles. The van der Waals surface area contributed by atoms with Crippen molar-refractivity contribution in [3.63, 3.8) is 0 Å². The summed E-state index contributed by atoms with van der Waals surface area (Å²) in [5.41, 5.74) is 3.28. The molecular weight excluding hydrogens is 524 g/mol. The van der Waals surface area contributed by atoms with Crippen molar-refractivity contribution in [2.75, 3.05) is 0 Å². The number of aromatic nitrogens is 4. The quantitative estimate of drug-likeness (QED) is 0.277. The van der Waals surface area contributed by atoms with Crippen LogP contribution in [0, 0.1) is 13.8 Å².